The lowest BCUT2D eigenvalue weighted by atomic mass is 9.77. The van der Waals surface area contributed by atoms with Crippen LogP contribution >= 0.6 is 0 Å². The summed E-state index contributed by atoms with van der Waals surface area (Å²) in [4.78, 5) is 26.2. The number of H-pyrrole nitrogens is 1. The van der Waals surface area contributed by atoms with E-state index in [4.69, 9.17) is 9.47 Å². The first kappa shape index (κ1) is 15.1. The fourth-order valence-electron chi connectivity index (χ4n) is 4.42. The molecule has 1 aromatic rings. The van der Waals surface area contributed by atoms with Gasteiger partial charge < -0.3 is 19.7 Å². The van der Waals surface area contributed by atoms with Crippen LogP contribution in [0.2, 0.25) is 0 Å². The summed E-state index contributed by atoms with van der Waals surface area (Å²) < 4.78 is 13.1. The quantitative estimate of drug-likeness (QED) is 0.622. The van der Waals surface area contributed by atoms with E-state index in [1.165, 1.54) is 10.8 Å². The number of ether oxygens (including phenoxy) is 2. The number of aliphatic hydroxyl groups excluding tert-OH is 2. The highest BCUT2D eigenvalue weighted by Crippen LogP contribution is 2.57. The molecule has 8 nitrogen and oxygen atoms in total. The van der Waals surface area contributed by atoms with Crippen LogP contribution in [0.3, 0.4) is 0 Å². The van der Waals surface area contributed by atoms with Gasteiger partial charge in [0.15, 0.2) is 0 Å². The van der Waals surface area contributed by atoms with E-state index in [0.29, 0.717) is 18.6 Å². The second kappa shape index (κ2) is 5.01. The first-order valence-corrected chi connectivity index (χ1v) is 7.87. The van der Waals surface area contributed by atoms with Crippen molar-refractivity contribution in [3.63, 3.8) is 0 Å². The van der Waals surface area contributed by atoms with Crippen molar-refractivity contribution >= 4 is 0 Å². The van der Waals surface area contributed by atoms with Crippen LogP contribution in [0.5, 0.6) is 0 Å². The number of nitrogens with one attached hydrogen (secondary N) is 1. The Labute approximate surface area is 131 Å². The summed E-state index contributed by atoms with van der Waals surface area (Å²) in [5, 5.41) is 20.1. The third kappa shape index (κ3) is 1.99. The SMILES string of the molecule is Cc1cn([C@@H]2C3C[C@@]4(CCO4)C2C(O)[C@@H](CO)O3)c(=O)[nH]c1=O. The van der Waals surface area contributed by atoms with E-state index in [1.54, 1.807) is 6.92 Å². The molecule has 0 aromatic carbocycles. The van der Waals surface area contributed by atoms with Crippen molar-refractivity contribution in [3.05, 3.63) is 32.6 Å². The van der Waals surface area contributed by atoms with E-state index in [-0.39, 0.29) is 18.6 Å². The summed E-state index contributed by atoms with van der Waals surface area (Å²) in [6.45, 7) is 1.96. The summed E-state index contributed by atoms with van der Waals surface area (Å²) in [6, 6.07) is -0.420. The van der Waals surface area contributed by atoms with E-state index in [1.807, 2.05) is 0 Å². The molecule has 1 aromatic heterocycles. The van der Waals surface area contributed by atoms with Crippen LogP contribution in [0.25, 0.3) is 0 Å². The molecule has 3 heterocycles. The number of aromatic amines is 1. The highest BCUT2D eigenvalue weighted by molar-refractivity contribution is 5.16. The van der Waals surface area contributed by atoms with Gasteiger partial charge in [-0.2, -0.15) is 0 Å². The molecule has 3 unspecified atom stereocenters. The van der Waals surface area contributed by atoms with Gasteiger partial charge in [0.05, 0.1) is 37.1 Å². The van der Waals surface area contributed by atoms with E-state index >= 15 is 0 Å². The third-order valence-corrected chi connectivity index (χ3v) is 5.56. The zero-order valence-corrected chi connectivity index (χ0v) is 12.8. The van der Waals surface area contributed by atoms with Gasteiger partial charge >= 0.3 is 5.69 Å². The minimum Gasteiger partial charge on any atom is -0.394 e. The van der Waals surface area contributed by atoms with Gasteiger partial charge in [0.1, 0.15) is 6.10 Å². The number of aryl methyl sites for hydroxylation is 1. The standard InChI is InChI=1S/C15H20N2O6/c1-7-5-17(14(21)16-13(7)20)11-8-4-15(2-3-22-15)10(11)12(19)9(6-18)23-8/h5,8-12,18-19H,2-4,6H2,1H3,(H,16,20,21)/t8?,9-,10?,11-,12?,15+/m1/s1. The molecule has 2 bridgehead atoms. The number of aromatic nitrogens is 2. The monoisotopic (exact) mass is 324 g/mol. The molecule has 1 aliphatic carbocycles. The molecule has 3 N–H and O–H groups in total. The molecule has 3 fully saturated rings. The molecule has 126 valence electrons. The van der Waals surface area contributed by atoms with Gasteiger partial charge in [-0.1, -0.05) is 0 Å². The molecule has 1 saturated carbocycles. The highest BCUT2D eigenvalue weighted by atomic mass is 16.6. The summed E-state index contributed by atoms with van der Waals surface area (Å²) in [7, 11) is 0. The Bertz CT molecular complexity index is 736. The summed E-state index contributed by atoms with van der Waals surface area (Å²) in [6.07, 6.45) is 0.927. The molecule has 0 amide bonds. The Morgan fingerprint density at radius 2 is 2.22 bits per heavy atom. The van der Waals surface area contributed by atoms with Gasteiger partial charge in [0.25, 0.3) is 5.56 Å². The number of nitrogens with zero attached hydrogens (tertiary/aromatic N) is 1. The van der Waals surface area contributed by atoms with Gasteiger partial charge in [-0.3, -0.25) is 14.3 Å². The van der Waals surface area contributed by atoms with Crippen molar-refractivity contribution in [2.45, 2.75) is 49.7 Å². The van der Waals surface area contributed by atoms with E-state index in [2.05, 4.69) is 4.98 Å². The third-order valence-electron chi connectivity index (χ3n) is 5.56. The maximum absolute atomic E-state index is 12.3. The fraction of sp³-hybridized carbons (Fsp3) is 0.733. The van der Waals surface area contributed by atoms with Gasteiger partial charge in [0.2, 0.25) is 0 Å². The lowest BCUT2D eigenvalue weighted by molar-refractivity contribution is -0.211. The Morgan fingerprint density at radius 3 is 2.83 bits per heavy atom. The van der Waals surface area contributed by atoms with Crippen LogP contribution in [0, 0.1) is 12.8 Å². The van der Waals surface area contributed by atoms with Crippen LogP contribution in [0.1, 0.15) is 24.4 Å². The van der Waals surface area contributed by atoms with Crippen LogP contribution in [-0.2, 0) is 9.47 Å². The summed E-state index contributed by atoms with van der Waals surface area (Å²) in [5.74, 6) is -0.352. The molecule has 23 heavy (non-hydrogen) atoms. The second-order valence-corrected chi connectivity index (χ2v) is 6.75. The molecule has 8 heteroatoms. The number of hydrogen-bond acceptors (Lipinski definition) is 6. The van der Waals surface area contributed by atoms with Crippen molar-refractivity contribution < 1.29 is 19.7 Å². The number of fused-ring (bicyclic) bond motifs is 3. The average molecular weight is 324 g/mol. The van der Waals surface area contributed by atoms with Gasteiger partial charge in [0, 0.05) is 30.5 Å². The highest BCUT2D eigenvalue weighted by Gasteiger charge is 2.65. The number of rotatable bonds is 2. The average Bonchev–Trinajstić information content (AvgIpc) is 2.76. The van der Waals surface area contributed by atoms with E-state index in [9.17, 15) is 19.8 Å². The van der Waals surface area contributed by atoms with Crippen molar-refractivity contribution in [2.75, 3.05) is 13.2 Å². The molecule has 2 aliphatic heterocycles. The Morgan fingerprint density at radius 1 is 1.48 bits per heavy atom. The largest absolute Gasteiger partial charge is 0.394 e. The normalized spacial score (nSPS) is 42.0. The topological polar surface area (TPSA) is 114 Å². The molecule has 2 saturated heterocycles. The first-order chi connectivity index (χ1) is 11.0. The van der Waals surface area contributed by atoms with Gasteiger partial charge in [-0.25, -0.2) is 4.79 Å². The van der Waals surface area contributed by atoms with Crippen molar-refractivity contribution in [1.29, 1.82) is 0 Å². The molecule has 3 aliphatic rings. The summed E-state index contributed by atoms with van der Waals surface area (Å²) in [5.41, 5.74) is -1.03. The van der Waals surface area contributed by atoms with Gasteiger partial charge in [-0.15, -0.1) is 0 Å². The number of aliphatic hydroxyl groups is 2. The Hall–Kier alpha value is -1.48. The predicted octanol–water partition coefficient (Wildman–Crippen LogP) is -1.31. The first-order valence-electron chi connectivity index (χ1n) is 7.87. The molecule has 4 rings (SSSR count). The summed E-state index contributed by atoms with van der Waals surface area (Å²) >= 11 is 0. The molecule has 1 spiro atoms. The number of hydrogen-bond donors (Lipinski definition) is 3. The second-order valence-electron chi connectivity index (χ2n) is 6.75. The lowest BCUT2D eigenvalue weighted by Gasteiger charge is -2.47. The lowest BCUT2D eigenvalue weighted by Crippen LogP contribution is -2.58. The van der Waals surface area contributed by atoms with Crippen LogP contribution in [-0.4, -0.2) is 56.9 Å². The minimum atomic E-state index is -0.928. The predicted molar refractivity (Wildman–Crippen MR) is 78.3 cm³/mol. The van der Waals surface area contributed by atoms with Crippen molar-refractivity contribution in [2.24, 2.45) is 5.92 Å². The molecular formula is C15H20N2O6. The van der Waals surface area contributed by atoms with Crippen molar-refractivity contribution in [3.8, 4) is 0 Å². The molecule has 0 radical (unpaired) electrons. The zero-order valence-electron chi connectivity index (χ0n) is 12.8. The maximum Gasteiger partial charge on any atom is 0.328 e. The zero-order chi connectivity index (χ0) is 16.4. The smallest absolute Gasteiger partial charge is 0.328 e. The maximum atomic E-state index is 12.3. The van der Waals surface area contributed by atoms with Crippen LogP contribution in [0.15, 0.2) is 15.8 Å². The van der Waals surface area contributed by atoms with E-state index < -0.39 is 35.1 Å². The van der Waals surface area contributed by atoms with Crippen LogP contribution in [0.4, 0.5) is 0 Å². The Kier molecular flexibility index (Phi) is 3.28. The van der Waals surface area contributed by atoms with Gasteiger partial charge in [-0.05, 0) is 6.92 Å². The van der Waals surface area contributed by atoms with Crippen LogP contribution < -0.4 is 11.2 Å². The molecular weight excluding hydrogens is 304 g/mol. The fourth-order valence-corrected chi connectivity index (χ4v) is 4.42. The Balaban J connectivity index is 1.82. The van der Waals surface area contributed by atoms with Crippen molar-refractivity contribution in [1.82, 2.24) is 9.55 Å². The minimum absolute atomic E-state index is 0.281. The van der Waals surface area contributed by atoms with E-state index in [0.717, 1.165) is 6.42 Å². The molecule has 6 atom stereocenters.